The molecular formula is C15H20ClN3OS. The van der Waals surface area contributed by atoms with Gasteiger partial charge in [0.2, 0.25) is 0 Å². The third kappa shape index (κ3) is 3.47. The molecule has 0 amide bonds. The van der Waals surface area contributed by atoms with E-state index in [1.165, 1.54) is 9.56 Å². The molecule has 0 saturated carbocycles. The molecule has 0 saturated heterocycles. The SMILES string of the molecule is CC(C)C(Nc1cnn(C(C)C)c(=O)c1Cl)c1cccs1. The first kappa shape index (κ1) is 16.0. The Morgan fingerprint density at radius 1 is 1.33 bits per heavy atom. The highest BCUT2D eigenvalue weighted by Crippen LogP contribution is 2.31. The molecule has 0 fully saturated rings. The number of anilines is 1. The van der Waals surface area contributed by atoms with E-state index in [1.807, 2.05) is 25.3 Å². The molecule has 2 aromatic heterocycles. The summed E-state index contributed by atoms with van der Waals surface area (Å²) in [6.45, 7) is 8.07. The van der Waals surface area contributed by atoms with E-state index in [2.05, 4.69) is 30.3 Å². The van der Waals surface area contributed by atoms with E-state index in [9.17, 15) is 4.79 Å². The Morgan fingerprint density at radius 2 is 2.05 bits per heavy atom. The van der Waals surface area contributed by atoms with Crippen molar-refractivity contribution in [3.63, 3.8) is 0 Å². The maximum absolute atomic E-state index is 12.2. The van der Waals surface area contributed by atoms with Gasteiger partial charge in [0.05, 0.1) is 24.0 Å². The van der Waals surface area contributed by atoms with E-state index in [1.54, 1.807) is 17.5 Å². The van der Waals surface area contributed by atoms with E-state index in [0.717, 1.165) is 0 Å². The lowest BCUT2D eigenvalue weighted by atomic mass is 10.0. The third-order valence-electron chi connectivity index (χ3n) is 3.26. The highest BCUT2D eigenvalue weighted by molar-refractivity contribution is 7.10. The Balaban J connectivity index is 2.34. The van der Waals surface area contributed by atoms with Gasteiger partial charge >= 0.3 is 0 Å². The Morgan fingerprint density at radius 3 is 2.57 bits per heavy atom. The van der Waals surface area contributed by atoms with Crippen LogP contribution >= 0.6 is 22.9 Å². The van der Waals surface area contributed by atoms with E-state index >= 15 is 0 Å². The lowest BCUT2D eigenvalue weighted by Crippen LogP contribution is -2.26. The largest absolute Gasteiger partial charge is 0.374 e. The normalized spacial score (nSPS) is 12.9. The number of hydrogen-bond acceptors (Lipinski definition) is 4. The second-order valence-corrected chi connectivity index (χ2v) is 6.95. The van der Waals surface area contributed by atoms with Crippen LogP contribution in [0.15, 0.2) is 28.5 Å². The molecule has 0 aliphatic heterocycles. The summed E-state index contributed by atoms with van der Waals surface area (Å²) in [6, 6.07) is 4.20. The van der Waals surface area contributed by atoms with Crippen molar-refractivity contribution in [1.29, 1.82) is 0 Å². The number of nitrogens with zero attached hydrogens (tertiary/aromatic N) is 2. The molecule has 21 heavy (non-hydrogen) atoms. The van der Waals surface area contributed by atoms with Gasteiger partial charge in [-0.2, -0.15) is 5.10 Å². The molecule has 2 aromatic rings. The van der Waals surface area contributed by atoms with Crippen molar-refractivity contribution in [2.75, 3.05) is 5.32 Å². The summed E-state index contributed by atoms with van der Waals surface area (Å²) in [7, 11) is 0. The number of thiophene rings is 1. The molecule has 0 bridgehead atoms. The van der Waals surface area contributed by atoms with Crippen LogP contribution in [0.4, 0.5) is 5.69 Å². The number of aromatic nitrogens is 2. The minimum Gasteiger partial charge on any atom is -0.374 e. The third-order valence-corrected chi connectivity index (χ3v) is 4.58. The molecule has 0 aliphatic rings. The van der Waals surface area contributed by atoms with Crippen LogP contribution in [0, 0.1) is 5.92 Å². The van der Waals surface area contributed by atoms with Gasteiger partial charge in [0.25, 0.3) is 5.56 Å². The molecule has 0 aromatic carbocycles. The van der Waals surface area contributed by atoms with Crippen LogP contribution in [-0.4, -0.2) is 9.78 Å². The molecule has 0 radical (unpaired) electrons. The first-order valence-corrected chi connectivity index (χ1v) is 8.24. The van der Waals surface area contributed by atoms with Crippen molar-refractivity contribution < 1.29 is 0 Å². The Hall–Kier alpha value is -1.33. The molecule has 114 valence electrons. The summed E-state index contributed by atoms with van der Waals surface area (Å²) in [5, 5.41) is 9.79. The standard InChI is InChI=1S/C15H20ClN3OS/c1-9(2)14(12-6-5-7-21-12)18-11-8-17-19(10(3)4)15(20)13(11)16/h5-10,14,18H,1-4H3. The van der Waals surface area contributed by atoms with Gasteiger partial charge in [-0.1, -0.05) is 31.5 Å². The molecule has 4 nitrogen and oxygen atoms in total. The molecule has 0 spiro atoms. The topological polar surface area (TPSA) is 46.9 Å². The molecule has 2 heterocycles. The van der Waals surface area contributed by atoms with Gasteiger partial charge in [-0.25, -0.2) is 4.68 Å². The summed E-state index contributed by atoms with van der Waals surface area (Å²) in [6.07, 6.45) is 1.63. The van der Waals surface area contributed by atoms with Gasteiger partial charge in [-0.15, -0.1) is 11.3 Å². The molecule has 1 unspecified atom stereocenters. The number of nitrogens with one attached hydrogen (secondary N) is 1. The van der Waals surface area contributed by atoms with E-state index in [4.69, 9.17) is 11.6 Å². The number of rotatable bonds is 5. The predicted molar refractivity (Wildman–Crippen MR) is 89.4 cm³/mol. The molecular weight excluding hydrogens is 306 g/mol. The van der Waals surface area contributed by atoms with E-state index in [-0.39, 0.29) is 22.7 Å². The van der Waals surface area contributed by atoms with Crippen molar-refractivity contribution in [3.05, 3.63) is 44.0 Å². The summed E-state index contributed by atoms with van der Waals surface area (Å²) in [5.41, 5.74) is 0.330. The Bertz CT molecular complexity index is 649. The van der Waals surface area contributed by atoms with Crippen LogP contribution in [0.5, 0.6) is 0 Å². The van der Waals surface area contributed by atoms with Gasteiger partial charge in [-0.3, -0.25) is 4.79 Å². The van der Waals surface area contributed by atoms with Gasteiger partial charge in [0.1, 0.15) is 5.02 Å². The zero-order valence-electron chi connectivity index (χ0n) is 12.6. The lowest BCUT2D eigenvalue weighted by molar-refractivity contribution is 0.501. The zero-order chi connectivity index (χ0) is 15.6. The van der Waals surface area contributed by atoms with E-state index < -0.39 is 0 Å². The number of halogens is 1. The fourth-order valence-corrected chi connectivity index (χ4v) is 3.25. The van der Waals surface area contributed by atoms with Crippen LogP contribution in [0.3, 0.4) is 0 Å². The molecule has 0 aliphatic carbocycles. The highest BCUT2D eigenvalue weighted by atomic mass is 35.5. The predicted octanol–water partition coefficient (Wildman–Crippen LogP) is 4.35. The van der Waals surface area contributed by atoms with Gasteiger partial charge in [-0.05, 0) is 31.2 Å². The maximum Gasteiger partial charge on any atom is 0.287 e. The molecule has 1 atom stereocenters. The fourth-order valence-electron chi connectivity index (χ4n) is 2.12. The summed E-state index contributed by atoms with van der Waals surface area (Å²) < 4.78 is 1.39. The Labute approximate surface area is 133 Å². The quantitative estimate of drug-likeness (QED) is 0.889. The van der Waals surface area contributed by atoms with Crippen LogP contribution < -0.4 is 10.9 Å². The molecule has 1 N–H and O–H groups in total. The van der Waals surface area contributed by atoms with Crippen LogP contribution in [-0.2, 0) is 0 Å². The number of hydrogen-bond donors (Lipinski definition) is 1. The first-order valence-electron chi connectivity index (χ1n) is 6.99. The van der Waals surface area contributed by atoms with Gasteiger partial charge in [0.15, 0.2) is 0 Å². The average molecular weight is 326 g/mol. The lowest BCUT2D eigenvalue weighted by Gasteiger charge is -2.23. The van der Waals surface area contributed by atoms with Gasteiger partial charge < -0.3 is 5.32 Å². The first-order chi connectivity index (χ1) is 9.91. The van der Waals surface area contributed by atoms with Crippen molar-refractivity contribution in [1.82, 2.24) is 9.78 Å². The molecule has 2 rings (SSSR count). The second kappa shape index (κ2) is 6.62. The van der Waals surface area contributed by atoms with Crippen LogP contribution in [0.2, 0.25) is 5.02 Å². The monoisotopic (exact) mass is 325 g/mol. The van der Waals surface area contributed by atoms with Crippen LogP contribution in [0.1, 0.15) is 44.7 Å². The minimum absolute atomic E-state index is 0.0118. The van der Waals surface area contributed by atoms with Crippen molar-refractivity contribution in [3.8, 4) is 0 Å². The minimum atomic E-state index is -0.259. The summed E-state index contributed by atoms with van der Waals surface area (Å²) in [5.74, 6) is 0.368. The summed E-state index contributed by atoms with van der Waals surface area (Å²) in [4.78, 5) is 13.4. The second-order valence-electron chi connectivity index (χ2n) is 5.60. The highest BCUT2D eigenvalue weighted by Gasteiger charge is 2.19. The maximum atomic E-state index is 12.2. The Kier molecular flexibility index (Phi) is 5.06. The van der Waals surface area contributed by atoms with Crippen LogP contribution in [0.25, 0.3) is 0 Å². The van der Waals surface area contributed by atoms with E-state index in [0.29, 0.717) is 11.6 Å². The average Bonchev–Trinajstić information content (AvgIpc) is 2.93. The summed E-state index contributed by atoms with van der Waals surface area (Å²) >= 11 is 7.91. The van der Waals surface area contributed by atoms with Crippen molar-refractivity contribution >= 4 is 28.6 Å². The zero-order valence-corrected chi connectivity index (χ0v) is 14.2. The van der Waals surface area contributed by atoms with Gasteiger partial charge in [0, 0.05) is 4.88 Å². The van der Waals surface area contributed by atoms with Crippen molar-refractivity contribution in [2.24, 2.45) is 5.92 Å². The van der Waals surface area contributed by atoms with Crippen molar-refractivity contribution in [2.45, 2.75) is 39.8 Å². The smallest absolute Gasteiger partial charge is 0.287 e. The molecule has 6 heteroatoms. The fraction of sp³-hybridized carbons (Fsp3) is 0.467.